The van der Waals surface area contributed by atoms with Crippen molar-refractivity contribution in [2.45, 2.75) is 19.3 Å². The van der Waals surface area contributed by atoms with Crippen LogP contribution in [-0.4, -0.2) is 22.4 Å². The maximum Gasteiger partial charge on any atom is 0.220 e. The number of carbonyl (C=O) groups is 1. The summed E-state index contributed by atoms with van der Waals surface area (Å²) in [7, 11) is 0. The van der Waals surface area contributed by atoms with E-state index >= 15 is 0 Å². The molecule has 0 saturated carbocycles. The number of halogens is 1. The van der Waals surface area contributed by atoms with Gasteiger partial charge < -0.3 is 5.32 Å². The van der Waals surface area contributed by atoms with Crippen LogP contribution in [-0.2, 0) is 17.6 Å². The van der Waals surface area contributed by atoms with E-state index in [4.69, 9.17) is 0 Å². The lowest BCUT2D eigenvalue weighted by molar-refractivity contribution is -0.121. The van der Waals surface area contributed by atoms with Crippen LogP contribution in [0.5, 0.6) is 0 Å². The molecule has 128 valence electrons. The molecule has 0 aliphatic carbocycles. The smallest absolute Gasteiger partial charge is 0.220 e. The first-order chi connectivity index (χ1) is 12.2. The van der Waals surface area contributed by atoms with Gasteiger partial charge in [0.15, 0.2) is 0 Å². The van der Waals surface area contributed by atoms with E-state index in [-0.39, 0.29) is 11.7 Å². The van der Waals surface area contributed by atoms with Gasteiger partial charge in [0.25, 0.3) is 0 Å². The van der Waals surface area contributed by atoms with E-state index in [0.29, 0.717) is 25.8 Å². The third kappa shape index (κ3) is 5.19. The molecule has 0 saturated heterocycles. The average Bonchev–Trinajstić information content (AvgIpc) is 3.10. The van der Waals surface area contributed by atoms with Crippen LogP contribution in [0.4, 0.5) is 4.39 Å². The number of hydrogen-bond donors (Lipinski definition) is 1. The van der Waals surface area contributed by atoms with Gasteiger partial charge in [-0.3, -0.25) is 9.78 Å². The Morgan fingerprint density at radius 2 is 2.12 bits per heavy atom. The van der Waals surface area contributed by atoms with E-state index in [2.05, 4.69) is 15.3 Å². The first-order valence-corrected chi connectivity index (χ1v) is 8.94. The molecule has 0 radical (unpaired) electrons. The summed E-state index contributed by atoms with van der Waals surface area (Å²) in [6.45, 7) is 0.540. The highest BCUT2D eigenvalue weighted by molar-refractivity contribution is 7.13. The summed E-state index contributed by atoms with van der Waals surface area (Å²) >= 11 is 1.57. The fraction of sp³-hybridized carbons (Fsp3) is 0.211. The highest BCUT2D eigenvalue weighted by atomic mass is 32.1. The molecule has 0 bridgehead atoms. The Morgan fingerprint density at radius 1 is 1.20 bits per heavy atom. The molecule has 0 aliphatic rings. The summed E-state index contributed by atoms with van der Waals surface area (Å²) < 4.78 is 13.1. The minimum atomic E-state index is -0.272. The largest absolute Gasteiger partial charge is 0.356 e. The lowest BCUT2D eigenvalue weighted by atomic mass is 10.1. The quantitative estimate of drug-likeness (QED) is 0.704. The first kappa shape index (κ1) is 17.2. The molecule has 2 aromatic heterocycles. The van der Waals surface area contributed by atoms with Gasteiger partial charge in [-0.05, 0) is 36.2 Å². The van der Waals surface area contributed by atoms with Crippen molar-refractivity contribution in [2.75, 3.05) is 6.54 Å². The molecule has 0 spiro atoms. The summed E-state index contributed by atoms with van der Waals surface area (Å²) in [6.07, 6.45) is 5.09. The minimum absolute atomic E-state index is 0.0352. The topological polar surface area (TPSA) is 54.9 Å². The number of carbonyl (C=O) groups excluding carboxylic acids is 1. The van der Waals surface area contributed by atoms with Gasteiger partial charge in [0.05, 0.1) is 5.69 Å². The summed E-state index contributed by atoms with van der Waals surface area (Å²) in [5, 5.41) is 5.82. The monoisotopic (exact) mass is 355 g/mol. The van der Waals surface area contributed by atoms with E-state index in [9.17, 15) is 9.18 Å². The molecule has 1 amide bonds. The second-order valence-corrected chi connectivity index (χ2v) is 6.47. The third-order valence-electron chi connectivity index (χ3n) is 3.69. The molecule has 3 rings (SSSR count). The van der Waals surface area contributed by atoms with Crippen molar-refractivity contribution < 1.29 is 9.18 Å². The number of rotatable bonds is 7. The Balaban J connectivity index is 1.42. The zero-order valence-corrected chi connectivity index (χ0v) is 14.4. The number of amides is 1. The minimum Gasteiger partial charge on any atom is -0.356 e. The van der Waals surface area contributed by atoms with Gasteiger partial charge in [0.2, 0.25) is 5.91 Å². The second kappa shape index (κ2) is 8.48. The Kier molecular flexibility index (Phi) is 5.85. The van der Waals surface area contributed by atoms with Crippen LogP contribution in [0.3, 0.4) is 0 Å². The van der Waals surface area contributed by atoms with Crippen LogP contribution in [0.1, 0.15) is 17.7 Å². The summed E-state index contributed by atoms with van der Waals surface area (Å²) in [5.74, 6) is -0.308. The third-order valence-corrected chi connectivity index (χ3v) is 4.63. The number of nitrogens with one attached hydrogen (secondary N) is 1. The van der Waals surface area contributed by atoms with Gasteiger partial charge in [-0.25, -0.2) is 9.37 Å². The molecule has 2 heterocycles. The van der Waals surface area contributed by atoms with E-state index in [1.54, 1.807) is 29.8 Å². The van der Waals surface area contributed by atoms with Gasteiger partial charge in [-0.2, -0.15) is 0 Å². The zero-order chi connectivity index (χ0) is 17.5. The molecular formula is C19H18FN3OS. The first-order valence-electron chi connectivity index (χ1n) is 8.06. The van der Waals surface area contributed by atoms with Gasteiger partial charge in [-0.1, -0.05) is 12.1 Å². The number of aromatic nitrogens is 2. The molecule has 4 nitrogen and oxygen atoms in total. The zero-order valence-electron chi connectivity index (χ0n) is 13.6. The summed E-state index contributed by atoms with van der Waals surface area (Å²) in [4.78, 5) is 20.5. The van der Waals surface area contributed by atoms with Gasteiger partial charge >= 0.3 is 0 Å². The van der Waals surface area contributed by atoms with Crippen LogP contribution >= 0.6 is 11.3 Å². The Hall–Kier alpha value is -2.60. The Bertz CT molecular complexity index is 835. The molecule has 6 heteroatoms. The van der Waals surface area contributed by atoms with Crippen LogP contribution in [0.15, 0.2) is 54.2 Å². The van der Waals surface area contributed by atoms with E-state index < -0.39 is 0 Å². The summed E-state index contributed by atoms with van der Waals surface area (Å²) in [6, 6.07) is 10.2. The van der Waals surface area contributed by atoms with Crippen molar-refractivity contribution in [1.82, 2.24) is 15.3 Å². The molecular weight excluding hydrogens is 337 g/mol. The Labute approximate surface area is 149 Å². The maximum absolute atomic E-state index is 13.1. The number of thiazole rings is 1. The van der Waals surface area contributed by atoms with E-state index in [1.807, 2.05) is 23.6 Å². The lowest BCUT2D eigenvalue weighted by Crippen LogP contribution is -2.25. The highest BCUT2D eigenvalue weighted by Gasteiger charge is 2.06. The van der Waals surface area contributed by atoms with Crippen molar-refractivity contribution >= 4 is 17.2 Å². The number of pyridine rings is 1. The van der Waals surface area contributed by atoms with E-state index in [0.717, 1.165) is 21.8 Å². The molecule has 0 fully saturated rings. The normalized spacial score (nSPS) is 10.6. The average molecular weight is 355 g/mol. The molecule has 0 atom stereocenters. The van der Waals surface area contributed by atoms with Crippen molar-refractivity contribution in [3.05, 3.63) is 71.2 Å². The molecule has 1 N–H and O–H groups in total. The number of nitrogens with zero attached hydrogens (tertiary/aromatic N) is 2. The standard InChI is InChI=1S/C19H18FN3OS/c20-16-5-1-3-14(11-16)6-7-18(24)22-10-8-17-13-25-19(23-17)15-4-2-9-21-12-15/h1-5,9,11-13H,6-8,10H2,(H,22,24). The van der Waals surface area contributed by atoms with Crippen LogP contribution in [0.25, 0.3) is 10.6 Å². The second-order valence-electron chi connectivity index (χ2n) is 5.62. The number of aryl methyl sites for hydroxylation is 1. The molecule has 0 aliphatic heterocycles. The summed E-state index contributed by atoms with van der Waals surface area (Å²) in [5.41, 5.74) is 2.78. The van der Waals surface area contributed by atoms with Gasteiger partial charge in [0.1, 0.15) is 10.8 Å². The molecule has 1 aromatic carbocycles. The van der Waals surface area contributed by atoms with Crippen LogP contribution < -0.4 is 5.32 Å². The maximum atomic E-state index is 13.1. The molecule has 0 unspecified atom stereocenters. The van der Waals surface area contributed by atoms with Gasteiger partial charge in [0, 0.05) is 42.7 Å². The fourth-order valence-corrected chi connectivity index (χ4v) is 3.26. The van der Waals surface area contributed by atoms with Crippen molar-refractivity contribution in [3.63, 3.8) is 0 Å². The van der Waals surface area contributed by atoms with Gasteiger partial charge in [-0.15, -0.1) is 11.3 Å². The van der Waals surface area contributed by atoms with Crippen LogP contribution in [0, 0.1) is 5.82 Å². The van der Waals surface area contributed by atoms with Crippen molar-refractivity contribution in [3.8, 4) is 10.6 Å². The van der Waals surface area contributed by atoms with Crippen molar-refractivity contribution in [2.24, 2.45) is 0 Å². The fourth-order valence-electron chi connectivity index (χ4n) is 2.41. The molecule has 3 aromatic rings. The number of hydrogen-bond acceptors (Lipinski definition) is 4. The predicted molar refractivity (Wildman–Crippen MR) is 96.8 cm³/mol. The SMILES string of the molecule is O=C(CCc1cccc(F)c1)NCCc1csc(-c2cccnc2)n1. The lowest BCUT2D eigenvalue weighted by Gasteiger charge is -2.04. The predicted octanol–water partition coefficient (Wildman–Crippen LogP) is 3.64. The highest BCUT2D eigenvalue weighted by Crippen LogP contribution is 2.22. The van der Waals surface area contributed by atoms with Crippen molar-refractivity contribution in [1.29, 1.82) is 0 Å². The van der Waals surface area contributed by atoms with E-state index in [1.165, 1.54) is 12.1 Å². The Morgan fingerprint density at radius 3 is 2.92 bits per heavy atom. The number of benzene rings is 1. The molecule has 25 heavy (non-hydrogen) atoms. The van der Waals surface area contributed by atoms with Crippen LogP contribution in [0.2, 0.25) is 0 Å².